The van der Waals surface area contributed by atoms with Gasteiger partial charge in [-0.25, -0.2) is 0 Å². The molecule has 88 valence electrons. The van der Waals surface area contributed by atoms with E-state index in [0.717, 1.165) is 4.31 Å². The Balaban J connectivity index is 2.73. The molecule has 0 radical (unpaired) electrons. The van der Waals surface area contributed by atoms with Crippen molar-refractivity contribution in [2.75, 3.05) is 6.54 Å². The van der Waals surface area contributed by atoms with Crippen molar-refractivity contribution in [1.29, 1.82) is 0 Å². The summed E-state index contributed by atoms with van der Waals surface area (Å²) in [5, 5.41) is 0. The van der Waals surface area contributed by atoms with Gasteiger partial charge >= 0.3 is 15.2 Å². The van der Waals surface area contributed by atoms with Crippen LogP contribution in [0.15, 0.2) is 0 Å². The van der Waals surface area contributed by atoms with Crippen LogP contribution in [0.4, 0.5) is 0 Å². The highest BCUT2D eigenvalue weighted by Crippen LogP contribution is 2.24. The van der Waals surface area contributed by atoms with Crippen molar-refractivity contribution < 1.29 is 17.9 Å². The van der Waals surface area contributed by atoms with Crippen LogP contribution >= 0.6 is 10.7 Å². The van der Waals surface area contributed by atoms with Crippen LogP contribution in [0.5, 0.6) is 0 Å². The lowest BCUT2D eigenvalue weighted by molar-refractivity contribution is -0.151. The number of rotatable bonds is 3. The smallest absolute Gasteiger partial charge is 0.324 e. The second-order valence-electron chi connectivity index (χ2n) is 3.70. The average Bonchev–Trinajstić information content (AvgIpc) is 2.48. The Kier molecular flexibility index (Phi) is 3.97. The van der Waals surface area contributed by atoms with Gasteiger partial charge in [0.25, 0.3) is 0 Å². The van der Waals surface area contributed by atoms with Gasteiger partial charge in [0.1, 0.15) is 6.04 Å². The number of carbonyl (C=O) groups is 1. The SMILES string of the molecule is CC(C)OC(=O)C1CCCN1S(=O)(=O)Cl. The van der Waals surface area contributed by atoms with Gasteiger partial charge < -0.3 is 4.74 Å². The molecule has 7 heteroatoms. The Labute approximate surface area is 93.9 Å². The molecule has 1 heterocycles. The minimum Gasteiger partial charge on any atom is -0.462 e. The molecule has 0 amide bonds. The van der Waals surface area contributed by atoms with Crippen LogP contribution in [-0.4, -0.2) is 37.4 Å². The van der Waals surface area contributed by atoms with Gasteiger partial charge in [-0.15, -0.1) is 0 Å². The standard InChI is InChI=1S/C8H14ClNO4S/c1-6(2)14-8(11)7-4-3-5-10(7)15(9,12)13/h6-7H,3-5H2,1-2H3. The van der Waals surface area contributed by atoms with Crippen molar-refractivity contribution in [2.45, 2.75) is 38.8 Å². The normalized spacial score (nSPS) is 23.3. The first-order chi connectivity index (χ1) is 6.82. The molecule has 0 saturated carbocycles. The van der Waals surface area contributed by atoms with Crippen molar-refractivity contribution in [3.05, 3.63) is 0 Å². The molecule has 0 aromatic rings. The van der Waals surface area contributed by atoms with E-state index in [4.69, 9.17) is 15.4 Å². The second-order valence-corrected chi connectivity index (χ2v) is 6.16. The van der Waals surface area contributed by atoms with E-state index in [1.807, 2.05) is 0 Å². The highest BCUT2D eigenvalue weighted by molar-refractivity contribution is 8.11. The van der Waals surface area contributed by atoms with E-state index in [0.29, 0.717) is 12.8 Å². The lowest BCUT2D eigenvalue weighted by atomic mass is 10.2. The van der Waals surface area contributed by atoms with E-state index in [1.165, 1.54) is 0 Å². The van der Waals surface area contributed by atoms with Gasteiger partial charge in [-0.3, -0.25) is 4.79 Å². The molecule has 0 aliphatic carbocycles. The van der Waals surface area contributed by atoms with Crippen LogP contribution in [0, 0.1) is 0 Å². The Hall–Kier alpha value is -0.330. The lowest BCUT2D eigenvalue weighted by Gasteiger charge is -2.20. The monoisotopic (exact) mass is 255 g/mol. The second kappa shape index (κ2) is 4.67. The number of hydrogen-bond acceptors (Lipinski definition) is 4. The fourth-order valence-electron chi connectivity index (χ4n) is 1.55. The largest absolute Gasteiger partial charge is 0.462 e. The van der Waals surface area contributed by atoms with Crippen molar-refractivity contribution in [1.82, 2.24) is 4.31 Å². The van der Waals surface area contributed by atoms with E-state index in [1.54, 1.807) is 13.8 Å². The highest BCUT2D eigenvalue weighted by atomic mass is 35.7. The maximum atomic E-state index is 11.5. The minimum atomic E-state index is -3.83. The van der Waals surface area contributed by atoms with Gasteiger partial charge in [0.05, 0.1) is 6.10 Å². The summed E-state index contributed by atoms with van der Waals surface area (Å²) in [6.07, 6.45) is 0.847. The van der Waals surface area contributed by atoms with Crippen molar-refractivity contribution in [3.63, 3.8) is 0 Å². The fourth-order valence-corrected chi connectivity index (χ4v) is 2.89. The van der Waals surface area contributed by atoms with Gasteiger partial charge in [-0.2, -0.15) is 12.7 Å². The molecule has 0 aromatic heterocycles. The van der Waals surface area contributed by atoms with Crippen LogP contribution in [0.2, 0.25) is 0 Å². The van der Waals surface area contributed by atoms with Crippen LogP contribution in [-0.2, 0) is 18.8 Å². The van der Waals surface area contributed by atoms with E-state index in [-0.39, 0.29) is 12.6 Å². The first-order valence-corrected chi connectivity index (χ1v) is 7.01. The molecule has 1 atom stereocenters. The molecule has 5 nitrogen and oxygen atoms in total. The molecule has 15 heavy (non-hydrogen) atoms. The van der Waals surface area contributed by atoms with E-state index in [9.17, 15) is 13.2 Å². The van der Waals surface area contributed by atoms with Gasteiger partial charge in [0, 0.05) is 17.2 Å². The molecule has 1 unspecified atom stereocenters. The summed E-state index contributed by atoms with van der Waals surface area (Å²) in [7, 11) is 1.38. The van der Waals surface area contributed by atoms with Crippen molar-refractivity contribution >= 4 is 25.9 Å². The molecule has 0 aromatic carbocycles. The predicted molar refractivity (Wildman–Crippen MR) is 55.7 cm³/mol. The zero-order chi connectivity index (χ0) is 11.6. The van der Waals surface area contributed by atoms with Gasteiger partial charge in [-0.1, -0.05) is 0 Å². The molecule has 0 spiro atoms. The van der Waals surface area contributed by atoms with Crippen molar-refractivity contribution in [3.8, 4) is 0 Å². The first kappa shape index (κ1) is 12.7. The maximum absolute atomic E-state index is 11.5. The van der Waals surface area contributed by atoms with Crippen LogP contribution in [0.1, 0.15) is 26.7 Å². The Morgan fingerprint density at radius 2 is 2.13 bits per heavy atom. The Bertz CT molecular complexity index is 341. The minimum absolute atomic E-state index is 0.252. The number of carbonyl (C=O) groups excluding carboxylic acids is 1. The lowest BCUT2D eigenvalue weighted by Crippen LogP contribution is -2.39. The molecule has 1 rings (SSSR count). The number of ether oxygens (including phenoxy) is 1. The molecule has 1 aliphatic heterocycles. The number of halogens is 1. The Morgan fingerprint density at radius 3 is 2.60 bits per heavy atom. The quantitative estimate of drug-likeness (QED) is 0.555. The molecule has 1 aliphatic rings. The number of hydrogen-bond donors (Lipinski definition) is 0. The zero-order valence-electron chi connectivity index (χ0n) is 8.64. The van der Waals surface area contributed by atoms with Gasteiger partial charge in [-0.05, 0) is 26.7 Å². The third-order valence-corrected chi connectivity index (χ3v) is 3.64. The van der Waals surface area contributed by atoms with E-state index < -0.39 is 21.2 Å². The third kappa shape index (κ3) is 3.32. The number of nitrogens with zero attached hydrogens (tertiary/aromatic N) is 1. The van der Waals surface area contributed by atoms with E-state index in [2.05, 4.69) is 0 Å². The van der Waals surface area contributed by atoms with Crippen LogP contribution in [0.3, 0.4) is 0 Å². The maximum Gasteiger partial charge on any atom is 0.324 e. The van der Waals surface area contributed by atoms with Crippen LogP contribution < -0.4 is 0 Å². The fraction of sp³-hybridized carbons (Fsp3) is 0.875. The van der Waals surface area contributed by atoms with Gasteiger partial charge in [0.2, 0.25) is 0 Å². The van der Waals surface area contributed by atoms with E-state index >= 15 is 0 Å². The summed E-state index contributed by atoms with van der Waals surface area (Å²) >= 11 is 0. The summed E-state index contributed by atoms with van der Waals surface area (Å²) in [6.45, 7) is 3.71. The summed E-state index contributed by atoms with van der Waals surface area (Å²) in [5.74, 6) is -0.522. The third-order valence-electron chi connectivity index (χ3n) is 2.11. The number of esters is 1. The summed E-state index contributed by atoms with van der Waals surface area (Å²) in [5.41, 5.74) is 0. The molecule has 0 bridgehead atoms. The van der Waals surface area contributed by atoms with Crippen LogP contribution in [0.25, 0.3) is 0 Å². The first-order valence-electron chi connectivity index (χ1n) is 4.74. The summed E-state index contributed by atoms with van der Waals surface area (Å²) in [4.78, 5) is 11.5. The van der Waals surface area contributed by atoms with Crippen molar-refractivity contribution in [2.24, 2.45) is 0 Å². The molecule has 0 N–H and O–H groups in total. The predicted octanol–water partition coefficient (Wildman–Crippen LogP) is 0.886. The molecule has 1 fully saturated rings. The molecule has 1 saturated heterocycles. The zero-order valence-corrected chi connectivity index (χ0v) is 10.2. The Morgan fingerprint density at radius 1 is 1.53 bits per heavy atom. The topological polar surface area (TPSA) is 63.7 Å². The van der Waals surface area contributed by atoms with Gasteiger partial charge in [0.15, 0.2) is 0 Å². The molecular weight excluding hydrogens is 242 g/mol. The summed E-state index contributed by atoms with van der Waals surface area (Å²) < 4.78 is 28.2. The average molecular weight is 256 g/mol. The summed E-state index contributed by atoms with van der Waals surface area (Å²) in [6, 6.07) is -0.755. The highest BCUT2D eigenvalue weighted by Gasteiger charge is 2.38. The molecular formula is C8H14ClNO4S.